The Morgan fingerprint density at radius 3 is 2.27 bits per heavy atom. The predicted octanol–water partition coefficient (Wildman–Crippen LogP) is 4.21. The zero-order chi connectivity index (χ0) is 25.0. The van der Waals surface area contributed by atoms with E-state index in [0.717, 1.165) is 7.11 Å². The molecule has 1 unspecified atom stereocenters. The van der Waals surface area contributed by atoms with Crippen molar-refractivity contribution in [1.29, 1.82) is 0 Å². The summed E-state index contributed by atoms with van der Waals surface area (Å²) in [6.07, 6.45) is -1.08. The molecule has 33 heavy (non-hydrogen) atoms. The smallest absolute Gasteiger partial charge is 0.238 e. The summed E-state index contributed by atoms with van der Waals surface area (Å²) in [6, 6.07) is 4.70. The molecule has 2 aromatic rings. The van der Waals surface area contributed by atoms with E-state index in [0.29, 0.717) is 11.6 Å². The molecule has 0 heterocycles. The van der Waals surface area contributed by atoms with Crippen LogP contribution >= 0.6 is 0 Å². The summed E-state index contributed by atoms with van der Waals surface area (Å²) < 4.78 is 75.1. The van der Waals surface area contributed by atoms with Crippen molar-refractivity contribution in [1.82, 2.24) is 0 Å². The highest BCUT2D eigenvalue weighted by Gasteiger charge is 2.55. The highest BCUT2D eigenvalue weighted by Crippen LogP contribution is 2.49. The van der Waals surface area contributed by atoms with Crippen LogP contribution in [0, 0.1) is 24.4 Å². The maximum atomic E-state index is 14.7. The maximum Gasteiger partial charge on any atom is 0.238 e. The molecule has 0 aliphatic heterocycles. The topological polar surface area (TPSA) is 108 Å². The highest BCUT2D eigenvalue weighted by atomic mass is 32.2. The molecule has 0 radical (unpaired) electrons. The third-order valence-corrected chi connectivity index (χ3v) is 7.41. The first kappa shape index (κ1) is 26.7. The summed E-state index contributed by atoms with van der Waals surface area (Å²) >= 11 is 0. The van der Waals surface area contributed by atoms with Gasteiger partial charge in [-0.25, -0.2) is 21.6 Å². The van der Waals surface area contributed by atoms with E-state index in [2.05, 4.69) is 10.0 Å². The van der Waals surface area contributed by atoms with Crippen molar-refractivity contribution in [3.8, 4) is 5.75 Å². The van der Waals surface area contributed by atoms with E-state index in [1.54, 1.807) is 13.0 Å². The van der Waals surface area contributed by atoms with Crippen LogP contribution in [-0.2, 0) is 10.0 Å². The molecule has 0 amide bonds. The molecular weight excluding hydrogens is 461 g/mol. The SMILES string of the molecule is CC.COc1cc(F)c(F)c(Nc2ccc(C)cc2F)c1NS(=O)(=O)C1(CC(O)CO)CC1. The third kappa shape index (κ3) is 5.71. The van der Waals surface area contributed by atoms with Crippen molar-refractivity contribution >= 4 is 27.1 Å². The average Bonchev–Trinajstić information content (AvgIpc) is 3.57. The number of halogens is 3. The van der Waals surface area contributed by atoms with E-state index in [4.69, 9.17) is 9.84 Å². The molecule has 1 atom stereocenters. The van der Waals surface area contributed by atoms with Gasteiger partial charge in [-0.2, -0.15) is 0 Å². The van der Waals surface area contributed by atoms with E-state index >= 15 is 0 Å². The minimum absolute atomic E-state index is 0.200. The number of ether oxygens (including phenoxy) is 1. The monoisotopic (exact) mass is 490 g/mol. The van der Waals surface area contributed by atoms with Crippen molar-refractivity contribution in [2.75, 3.05) is 23.8 Å². The van der Waals surface area contributed by atoms with Gasteiger partial charge in [-0.15, -0.1) is 0 Å². The molecule has 1 aliphatic rings. The normalized spacial score (nSPS) is 15.2. The van der Waals surface area contributed by atoms with Gasteiger partial charge in [-0.1, -0.05) is 19.9 Å². The standard InChI is InChI=1S/C20H23F3N2O5S.C2H6/c1-11-3-4-15(13(21)7-11)24-19-17(23)14(22)8-16(30-2)18(19)25-31(28,29)20(5-6-20)9-12(27)10-26;1-2/h3-4,7-8,12,24-27H,5-6,9-10H2,1-2H3;1-2H3. The quantitative estimate of drug-likeness (QED) is 0.420. The van der Waals surface area contributed by atoms with Crippen molar-refractivity contribution in [2.24, 2.45) is 0 Å². The Bertz CT molecular complexity index is 1090. The van der Waals surface area contributed by atoms with Gasteiger partial charge in [-0.3, -0.25) is 4.72 Å². The molecule has 1 saturated carbocycles. The molecule has 11 heteroatoms. The summed E-state index contributed by atoms with van der Waals surface area (Å²) in [5, 5.41) is 21.2. The van der Waals surface area contributed by atoms with Crippen LogP contribution in [0.3, 0.4) is 0 Å². The Hall–Kier alpha value is -2.50. The Labute approximate surface area is 191 Å². The molecule has 0 aromatic heterocycles. The number of sulfonamides is 1. The molecule has 7 nitrogen and oxygen atoms in total. The molecule has 4 N–H and O–H groups in total. The van der Waals surface area contributed by atoms with E-state index in [-0.39, 0.29) is 30.7 Å². The second-order valence-corrected chi connectivity index (χ2v) is 9.64. The second kappa shape index (κ2) is 10.6. The molecule has 0 spiro atoms. The van der Waals surface area contributed by atoms with Crippen LogP contribution in [0.15, 0.2) is 24.3 Å². The lowest BCUT2D eigenvalue weighted by molar-refractivity contribution is 0.0858. The molecular formula is C22H29F3N2O5S. The molecule has 3 rings (SSSR count). The molecule has 184 valence electrons. The zero-order valence-corrected chi connectivity index (χ0v) is 19.7. The lowest BCUT2D eigenvalue weighted by atomic mass is 10.2. The predicted molar refractivity (Wildman–Crippen MR) is 121 cm³/mol. The number of aliphatic hydroxyl groups excluding tert-OH is 2. The number of nitrogens with one attached hydrogen (secondary N) is 2. The van der Waals surface area contributed by atoms with Crippen LogP contribution < -0.4 is 14.8 Å². The molecule has 1 fully saturated rings. The zero-order valence-electron chi connectivity index (χ0n) is 18.9. The first-order chi connectivity index (χ1) is 15.5. The summed E-state index contributed by atoms with van der Waals surface area (Å²) in [6.45, 7) is 5.03. The lowest BCUT2D eigenvalue weighted by Crippen LogP contribution is -2.34. The molecule has 0 bridgehead atoms. The Morgan fingerprint density at radius 2 is 1.76 bits per heavy atom. The number of hydrogen-bond donors (Lipinski definition) is 4. The van der Waals surface area contributed by atoms with Crippen LogP contribution in [0.25, 0.3) is 0 Å². The Balaban J connectivity index is 0.00000187. The summed E-state index contributed by atoms with van der Waals surface area (Å²) in [5.41, 5.74) is -0.693. The average molecular weight is 491 g/mol. The summed E-state index contributed by atoms with van der Waals surface area (Å²) in [7, 11) is -3.08. The van der Waals surface area contributed by atoms with Crippen LogP contribution in [0.1, 0.15) is 38.7 Å². The number of methoxy groups -OCH3 is 1. The molecule has 1 aliphatic carbocycles. The Kier molecular flexibility index (Phi) is 8.61. The van der Waals surface area contributed by atoms with E-state index in [1.165, 1.54) is 12.1 Å². The first-order valence-corrected chi connectivity index (χ1v) is 11.9. The maximum absolute atomic E-state index is 14.7. The molecule has 2 aromatic carbocycles. The minimum atomic E-state index is -4.22. The number of rotatable bonds is 9. The minimum Gasteiger partial charge on any atom is -0.494 e. The third-order valence-electron chi connectivity index (χ3n) is 5.22. The lowest BCUT2D eigenvalue weighted by Gasteiger charge is -2.23. The number of aryl methyl sites for hydroxylation is 1. The van der Waals surface area contributed by atoms with Crippen LogP contribution in [0.2, 0.25) is 0 Å². The van der Waals surface area contributed by atoms with Gasteiger partial charge in [0.05, 0.1) is 30.3 Å². The van der Waals surface area contributed by atoms with Gasteiger partial charge in [0.2, 0.25) is 10.0 Å². The second-order valence-electron chi connectivity index (χ2n) is 7.56. The van der Waals surface area contributed by atoms with Gasteiger partial charge >= 0.3 is 0 Å². The number of benzene rings is 2. The van der Waals surface area contributed by atoms with Crippen molar-refractivity contribution < 1.29 is 36.5 Å². The largest absolute Gasteiger partial charge is 0.494 e. The van der Waals surface area contributed by atoms with Gasteiger partial charge in [0, 0.05) is 6.07 Å². The summed E-state index contributed by atoms with van der Waals surface area (Å²) in [4.78, 5) is 0. The fourth-order valence-corrected chi connectivity index (χ4v) is 5.04. The van der Waals surface area contributed by atoms with E-state index in [1.807, 2.05) is 13.8 Å². The molecule has 0 saturated heterocycles. The van der Waals surface area contributed by atoms with Crippen molar-refractivity contribution in [3.63, 3.8) is 0 Å². The van der Waals surface area contributed by atoms with E-state index in [9.17, 15) is 26.7 Å². The van der Waals surface area contributed by atoms with Gasteiger partial charge < -0.3 is 20.3 Å². The van der Waals surface area contributed by atoms with Crippen molar-refractivity contribution in [3.05, 3.63) is 47.3 Å². The van der Waals surface area contributed by atoms with Gasteiger partial charge in [0.1, 0.15) is 22.9 Å². The van der Waals surface area contributed by atoms with E-state index < -0.39 is 56.3 Å². The Morgan fingerprint density at radius 1 is 1.12 bits per heavy atom. The van der Waals surface area contributed by atoms with Gasteiger partial charge in [0.25, 0.3) is 0 Å². The van der Waals surface area contributed by atoms with Crippen molar-refractivity contribution in [2.45, 2.75) is 50.9 Å². The van der Waals surface area contributed by atoms with Gasteiger partial charge in [-0.05, 0) is 43.9 Å². The van der Waals surface area contributed by atoms with Crippen LogP contribution in [-0.4, -0.2) is 43.2 Å². The highest BCUT2D eigenvalue weighted by molar-refractivity contribution is 7.94. The van der Waals surface area contributed by atoms with Crippen LogP contribution in [0.4, 0.5) is 30.2 Å². The first-order valence-electron chi connectivity index (χ1n) is 10.4. The number of aliphatic hydroxyl groups is 2. The fraction of sp³-hybridized carbons (Fsp3) is 0.455. The van der Waals surface area contributed by atoms with Crippen LogP contribution in [0.5, 0.6) is 5.75 Å². The summed E-state index contributed by atoms with van der Waals surface area (Å²) in [5.74, 6) is -3.83. The number of hydrogen-bond acceptors (Lipinski definition) is 6. The van der Waals surface area contributed by atoms with Gasteiger partial charge in [0.15, 0.2) is 11.6 Å². The number of anilines is 3. The fourth-order valence-electron chi connectivity index (χ4n) is 3.30.